The minimum absolute atomic E-state index is 0.146. The van der Waals surface area contributed by atoms with Gasteiger partial charge in [0.25, 0.3) is 0 Å². The number of hydrogen-bond acceptors (Lipinski definition) is 4. The van der Waals surface area contributed by atoms with Crippen LogP contribution in [0.1, 0.15) is 43.1 Å². The summed E-state index contributed by atoms with van der Waals surface area (Å²) in [4.78, 5) is 2.27. The average Bonchev–Trinajstić information content (AvgIpc) is 2.88. The lowest BCUT2D eigenvalue weighted by Gasteiger charge is -2.35. The molecule has 2 aromatic rings. The molecule has 0 saturated carbocycles. The molecule has 0 aliphatic carbocycles. The van der Waals surface area contributed by atoms with Gasteiger partial charge >= 0.3 is 0 Å². The summed E-state index contributed by atoms with van der Waals surface area (Å²) in [5, 5.41) is 14.9. The smallest absolute Gasteiger partial charge is 0.127 e. The highest BCUT2D eigenvalue weighted by molar-refractivity contribution is 5.30. The van der Waals surface area contributed by atoms with Gasteiger partial charge in [0.15, 0.2) is 0 Å². The largest absolute Gasteiger partial charge is 0.488 e. The van der Waals surface area contributed by atoms with Crippen molar-refractivity contribution in [2.75, 3.05) is 13.1 Å². The summed E-state index contributed by atoms with van der Waals surface area (Å²) >= 11 is 0. The molecule has 1 N–H and O–H groups in total. The van der Waals surface area contributed by atoms with Crippen molar-refractivity contribution in [1.29, 1.82) is 0 Å². The molecule has 5 nitrogen and oxygen atoms in total. The van der Waals surface area contributed by atoms with Crippen LogP contribution >= 0.6 is 0 Å². The summed E-state index contributed by atoms with van der Waals surface area (Å²) in [6.07, 6.45) is 0.196. The summed E-state index contributed by atoms with van der Waals surface area (Å²) in [6.45, 7) is 8.70. The quantitative estimate of drug-likeness (QED) is 0.907. The van der Waals surface area contributed by atoms with Gasteiger partial charge in [-0.2, -0.15) is 5.10 Å². The fourth-order valence-corrected chi connectivity index (χ4v) is 3.42. The number of aliphatic hydroxyl groups is 1. The lowest BCUT2D eigenvalue weighted by Crippen LogP contribution is -2.48. The van der Waals surface area contributed by atoms with E-state index in [1.165, 1.54) is 11.3 Å². The molecule has 0 radical (unpaired) electrons. The third-order valence-electron chi connectivity index (χ3n) is 4.90. The maximum Gasteiger partial charge on any atom is 0.127 e. The molecule has 1 fully saturated rings. The number of β-amino-alcohol motifs (C(OH)–C–C–N with tert-alkyl or cyclic N) is 1. The molecule has 0 unspecified atom stereocenters. The Bertz CT molecular complexity index is 711. The van der Waals surface area contributed by atoms with Crippen LogP contribution in [0.25, 0.3) is 0 Å². The SMILES string of the molecule is Cc1cc(CN2CC[C@@H](Oc3cccc(C(C)C)c3)[C@H](O)C2)n(C)n1. The standard InChI is InChI=1S/C20H29N3O2/c1-14(2)16-6-5-7-18(11-16)25-20-8-9-23(13-19(20)24)12-17-10-15(3)21-22(17)4/h5-7,10-11,14,19-20,24H,8-9,12-13H2,1-4H3/t19-,20-/m1/s1. The molecule has 0 spiro atoms. The Balaban J connectivity index is 1.58. The molecular weight excluding hydrogens is 314 g/mol. The molecule has 2 atom stereocenters. The maximum absolute atomic E-state index is 10.5. The normalized spacial score (nSPS) is 21.7. The summed E-state index contributed by atoms with van der Waals surface area (Å²) in [5.41, 5.74) is 3.46. The number of piperidine rings is 1. The van der Waals surface area contributed by atoms with E-state index in [1.54, 1.807) is 0 Å². The average molecular weight is 343 g/mol. The van der Waals surface area contributed by atoms with Gasteiger partial charge in [-0.05, 0) is 43.0 Å². The third kappa shape index (κ3) is 4.41. The first-order valence-electron chi connectivity index (χ1n) is 9.09. The highest BCUT2D eigenvalue weighted by atomic mass is 16.5. The first-order valence-corrected chi connectivity index (χ1v) is 9.09. The van der Waals surface area contributed by atoms with Crippen molar-refractivity contribution in [3.63, 3.8) is 0 Å². The van der Waals surface area contributed by atoms with E-state index in [4.69, 9.17) is 4.74 Å². The molecule has 25 heavy (non-hydrogen) atoms. The van der Waals surface area contributed by atoms with Gasteiger partial charge in [0, 0.05) is 26.7 Å². The number of aromatic nitrogens is 2. The van der Waals surface area contributed by atoms with E-state index < -0.39 is 6.10 Å². The zero-order valence-electron chi connectivity index (χ0n) is 15.6. The van der Waals surface area contributed by atoms with E-state index in [0.717, 1.165) is 31.0 Å². The zero-order chi connectivity index (χ0) is 18.0. The number of aryl methyl sites for hydroxylation is 2. The van der Waals surface area contributed by atoms with Crippen molar-refractivity contribution in [2.45, 2.75) is 51.9 Å². The van der Waals surface area contributed by atoms with Gasteiger partial charge in [-0.3, -0.25) is 9.58 Å². The fourth-order valence-electron chi connectivity index (χ4n) is 3.42. The molecule has 3 rings (SSSR count). The summed E-state index contributed by atoms with van der Waals surface area (Å²) in [5.74, 6) is 1.32. The predicted molar refractivity (Wildman–Crippen MR) is 98.8 cm³/mol. The minimum Gasteiger partial charge on any atom is -0.488 e. The van der Waals surface area contributed by atoms with Crippen LogP contribution in [0.5, 0.6) is 5.75 Å². The van der Waals surface area contributed by atoms with Crippen LogP contribution in [0, 0.1) is 6.92 Å². The predicted octanol–water partition coefficient (Wildman–Crippen LogP) is 2.87. The number of hydrogen-bond donors (Lipinski definition) is 1. The Hall–Kier alpha value is -1.85. The molecule has 1 aliphatic heterocycles. The van der Waals surface area contributed by atoms with Crippen molar-refractivity contribution in [2.24, 2.45) is 7.05 Å². The third-order valence-corrected chi connectivity index (χ3v) is 4.90. The molecule has 0 bridgehead atoms. The number of benzene rings is 1. The summed E-state index contributed by atoms with van der Waals surface area (Å²) in [6, 6.07) is 10.3. The molecule has 1 aromatic heterocycles. The van der Waals surface area contributed by atoms with Crippen molar-refractivity contribution in [3.05, 3.63) is 47.3 Å². The Kier molecular flexibility index (Phi) is 5.45. The van der Waals surface area contributed by atoms with Gasteiger partial charge in [-0.1, -0.05) is 26.0 Å². The second kappa shape index (κ2) is 7.58. The number of rotatable bonds is 5. The van der Waals surface area contributed by atoms with Gasteiger partial charge in [-0.25, -0.2) is 0 Å². The van der Waals surface area contributed by atoms with E-state index >= 15 is 0 Å². The van der Waals surface area contributed by atoms with Crippen LogP contribution in [-0.2, 0) is 13.6 Å². The monoisotopic (exact) mass is 343 g/mol. The molecule has 1 saturated heterocycles. The van der Waals surface area contributed by atoms with Crippen LogP contribution < -0.4 is 4.74 Å². The van der Waals surface area contributed by atoms with E-state index in [9.17, 15) is 5.11 Å². The molecule has 1 aliphatic rings. The number of nitrogens with zero attached hydrogens (tertiary/aromatic N) is 3. The number of ether oxygens (including phenoxy) is 1. The van der Waals surface area contributed by atoms with Gasteiger partial charge in [0.1, 0.15) is 18.0 Å². The van der Waals surface area contributed by atoms with Gasteiger partial charge in [-0.15, -0.1) is 0 Å². The van der Waals surface area contributed by atoms with Crippen molar-refractivity contribution >= 4 is 0 Å². The Morgan fingerprint density at radius 2 is 2.12 bits per heavy atom. The molecule has 2 heterocycles. The van der Waals surface area contributed by atoms with Crippen LogP contribution in [0.2, 0.25) is 0 Å². The van der Waals surface area contributed by atoms with Crippen LogP contribution in [-0.4, -0.2) is 45.1 Å². The second-order valence-corrected chi connectivity index (χ2v) is 7.38. The van der Waals surface area contributed by atoms with Crippen LogP contribution in [0.15, 0.2) is 30.3 Å². The van der Waals surface area contributed by atoms with E-state index in [1.807, 2.05) is 30.8 Å². The van der Waals surface area contributed by atoms with Crippen LogP contribution in [0.3, 0.4) is 0 Å². The van der Waals surface area contributed by atoms with Gasteiger partial charge in [0.05, 0.1) is 11.4 Å². The van der Waals surface area contributed by atoms with Crippen molar-refractivity contribution < 1.29 is 9.84 Å². The Labute approximate surface area is 150 Å². The lowest BCUT2D eigenvalue weighted by atomic mass is 10.0. The number of likely N-dealkylation sites (tertiary alicyclic amines) is 1. The summed E-state index contributed by atoms with van der Waals surface area (Å²) in [7, 11) is 1.97. The second-order valence-electron chi connectivity index (χ2n) is 7.38. The van der Waals surface area contributed by atoms with Gasteiger partial charge in [0.2, 0.25) is 0 Å². The molecule has 0 amide bonds. The van der Waals surface area contributed by atoms with Gasteiger partial charge < -0.3 is 9.84 Å². The molecule has 1 aromatic carbocycles. The highest BCUT2D eigenvalue weighted by Crippen LogP contribution is 2.24. The first kappa shape index (κ1) is 18.0. The van der Waals surface area contributed by atoms with Crippen LogP contribution in [0.4, 0.5) is 0 Å². The van der Waals surface area contributed by atoms with Crippen molar-refractivity contribution in [1.82, 2.24) is 14.7 Å². The topological polar surface area (TPSA) is 50.5 Å². The Morgan fingerprint density at radius 1 is 1.32 bits per heavy atom. The van der Waals surface area contributed by atoms with Crippen molar-refractivity contribution in [3.8, 4) is 5.75 Å². The molecular formula is C20H29N3O2. The highest BCUT2D eigenvalue weighted by Gasteiger charge is 2.29. The first-order chi connectivity index (χ1) is 11.9. The van der Waals surface area contributed by atoms with E-state index in [2.05, 4.69) is 42.0 Å². The lowest BCUT2D eigenvalue weighted by molar-refractivity contribution is -0.0280. The Morgan fingerprint density at radius 3 is 2.76 bits per heavy atom. The van der Waals surface area contributed by atoms with E-state index in [-0.39, 0.29) is 6.10 Å². The fraction of sp³-hybridized carbons (Fsp3) is 0.550. The molecule has 5 heteroatoms. The van der Waals surface area contributed by atoms with E-state index in [0.29, 0.717) is 12.5 Å². The summed E-state index contributed by atoms with van der Waals surface area (Å²) < 4.78 is 8.01. The minimum atomic E-state index is -0.481. The number of aliphatic hydroxyl groups excluding tert-OH is 1. The molecule has 136 valence electrons. The zero-order valence-corrected chi connectivity index (χ0v) is 15.6. The maximum atomic E-state index is 10.5.